The third-order valence-corrected chi connectivity index (χ3v) is 6.72. The van der Waals surface area contributed by atoms with Crippen LogP contribution in [-0.4, -0.2) is 59.3 Å². The van der Waals surface area contributed by atoms with Crippen molar-refractivity contribution < 1.29 is 23.6 Å². The number of methoxy groups -OCH3 is 2. The standard InChI is InChI=1S/C26H28N4O5/c1-33-20-8-4-18(5-9-20)24-27-22(35-28-24)12-13-23(31)29-16-3-17-30(29)25(32)26(14-15-26)19-6-10-21(34-2)11-7-19/h4-11H,3,12-17H2,1-2H3. The van der Waals surface area contributed by atoms with Gasteiger partial charge in [0.1, 0.15) is 11.5 Å². The van der Waals surface area contributed by atoms with Crippen molar-refractivity contribution in [1.82, 2.24) is 20.2 Å². The summed E-state index contributed by atoms with van der Waals surface area (Å²) in [5.74, 6) is 2.22. The molecule has 3 aromatic rings. The maximum Gasteiger partial charge on any atom is 0.251 e. The predicted molar refractivity (Wildman–Crippen MR) is 127 cm³/mol. The third-order valence-electron chi connectivity index (χ3n) is 6.72. The van der Waals surface area contributed by atoms with Gasteiger partial charge in [0, 0.05) is 31.5 Å². The molecule has 2 aromatic carbocycles. The second-order valence-corrected chi connectivity index (χ2v) is 8.85. The van der Waals surface area contributed by atoms with Crippen molar-refractivity contribution in [3.8, 4) is 22.9 Å². The van der Waals surface area contributed by atoms with Crippen molar-refractivity contribution in [1.29, 1.82) is 0 Å². The second kappa shape index (κ2) is 9.40. The third kappa shape index (κ3) is 4.45. The van der Waals surface area contributed by atoms with E-state index in [9.17, 15) is 9.59 Å². The highest BCUT2D eigenvalue weighted by molar-refractivity contribution is 5.93. The highest BCUT2D eigenvalue weighted by atomic mass is 16.5. The largest absolute Gasteiger partial charge is 0.497 e. The zero-order valence-corrected chi connectivity index (χ0v) is 19.9. The Balaban J connectivity index is 1.22. The summed E-state index contributed by atoms with van der Waals surface area (Å²) in [4.78, 5) is 31.0. The molecule has 2 heterocycles. The zero-order valence-electron chi connectivity index (χ0n) is 19.9. The van der Waals surface area contributed by atoms with Gasteiger partial charge >= 0.3 is 0 Å². The van der Waals surface area contributed by atoms with Gasteiger partial charge in [0.05, 0.1) is 19.6 Å². The molecule has 0 atom stereocenters. The molecule has 182 valence electrons. The van der Waals surface area contributed by atoms with Crippen LogP contribution in [0.1, 0.15) is 37.1 Å². The predicted octanol–water partition coefficient (Wildman–Crippen LogP) is 3.39. The summed E-state index contributed by atoms with van der Waals surface area (Å²) in [7, 11) is 3.23. The van der Waals surface area contributed by atoms with Crippen LogP contribution in [0.4, 0.5) is 0 Å². The second-order valence-electron chi connectivity index (χ2n) is 8.85. The number of hydrogen-bond donors (Lipinski definition) is 0. The van der Waals surface area contributed by atoms with E-state index in [4.69, 9.17) is 14.0 Å². The van der Waals surface area contributed by atoms with E-state index >= 15 is 0 Å². The van der Waals surface area contributed by atoms with Crippen molar-refractivity contribution in [3.63, 3.8) is 0 Å². The molecular formula is C26H28N4O5. The summed E-state index contributed by atoms with van der Waals surface area (Å²) in [5, 5.41) is 7.25. The van der Waals surface area contributed by atoms with Gasteiger partial charge in [0.15, 0.2) is 0 Å². The highest BCUT2D eigenvalue weighted by Crippen LogP contribution is 2.50. The van der Waals surface area contributed by atoms with Gasteiger partial charge in [-0.15, -0.1) is 0 Å². The lowest BCUT2D eigenvalue weighted by molar-refractivity contribution is -0.159. The molecule has 0 N–H and O–H groups in total. The SMILES string of the molecule is COc1ccc(-c2noc(CCC(=O)N3CCCN3C(=O)C3(c4ccc(OC)cc4)CC3)n2)cc1. The van der Waals surface area contributed by atoms with Crippen LogP contribution in [0.15, 0.2) is 53.1 Å². The normalized spacial score (nSPS) is 16.3. The number of aryl methyl sites for hydroxylation is 1. The summed E-state index contributed by atoms with van der Waals surface area (Å²) in [6.45, 7) is 1.08. The fourth-order valence-corrected chi connectivity index (χ4v) is 4.55. The lowest BCUT2D eigenvalue weighted by atomic mass is 9.94. The first-order valence-corrected chi connectivity index (χ1v) is 11.8. The monoisotopic (exact) mass is 476 g/mol. The Kier molecular flexibility index (Phi) is 6.15. The van der Waals surface area contributed by atoms with Crippen molar-refractivity contribution in [3.05, 3.63) is 60.0 Å². The molecular weight excluding hydrogens is 448 g/mol. The molecule has 0 bridgehead atoms. The molecule has 0 unspecified atom stereocenters. The van der Waals surface area contributed by atoms with Gasteiger partial charge in [-0.25, -0.2) is 0 Å². The van der Waals surface area contributed by atoms with Crippen LogP contribution in [0.5, 0.6) is 11.5 Å². The number of ether oxygens (including phenoxy) is 2. The Bertz CT molecular complexity index is 1200. The Morgan fingerprint density at radius 1 is 0.943 bits per heavy atom. The molecule has 35 heavy (non-hydrogen) atoms. The number of aromatic nitrogens is 2. The maximum atomic E-state index is 13.5. The van der Waals surface area contributed by atoms with Gasteiger partial charge < -0.3 is 14.0 Å². The lowest BCUT2D eigenvalue weighted by Gasteiger charge is -2.31. The molecule has 0 radical (unpaired) electrons. The summed E-state index contributed by atoms with van der Waals surface area (Å²) in [6.07, 6.45) is 2.83. The van der Waals surface area contributed by atoms with Crippen molar-refractivity contribution in [2.45, 2.75) is 37.5 Å². The van der Waals surface area contributed by atoms with Crippen LogP contribution >= 0.6 is 0 Å². The molecule has 1 aromatic heterocycles. The van der Waals surface area contributed by atoms with Crippen LogP contribution in [0.2, 0.25) is 0 Å². The van der Waals surface area contributed by atoms with E-state index in [1.165, 1.54) is 0 Å². The number of carbonyl (C=O) groups excluding carboxylic acids is 2. The van der Waals surface area contributed by atoms with E-state index in [0.717, 1.165) is 41.9 Å². The van der Waals surface area contributed by atoms with Crippen molar-refractivity contribution in [2.75, 3.05) is 27.3 Å². The first-order chi connectivity index (χ1) is 17.0. The van der Waals surface area contributed by atoms with E-state index in [1.807, 2.05) is 48.5 Å². The smallest absolute Gasteiger partial charge is 0.251 e. The zero-order chi connectivity index (χ0) is 24.4. The number of hydrogen-bond acceptors (Lipinski definition) is 7. The van der Waals surface area contributed by atoms with Crippen LogP contribution < -0.4 is 9.47 Å². The van der Waals surface area contributed by atoms with E-state index < -0.39 is 5.41 Å². The Labute approximate surface area is 203 Å². The lowest BCUT2D eigenvalue weighted by Crippen LogP contribution is -2.49. The molecule has 2 amide bonds. The van der Waals surface area contributed by atoms with Gasteiger partial charge in [-0.3, -0.25) is 19.6 Å². The number of carbonyl (C=O) groups is 2. The Morgan fingerprint density at radius 3 is 2.20 bits per heavy atom. The van der Waals surface area contributed by atoms with E-state index in [1.54, 1.807) is 24.2 Å². The van der Waals surface area contributed by atoms with Crippen molar-refractivity contribution >= 4 is 11.8 Å². The topological polar surface area (TPSA) is 98.0 Å². The molecule has 1 aliphatic carbocycles. The first-order valence-electron chi connectivity index (χ1n) is 11.8. The molecule has 1 saturated carbocycles. The fourth-order valence-electron chi connectivity index (χ4n) is 4.55. The van der Waals surface area contributed by atoms with Gasteiger partial charge in [0.2, 0.25) is 17.6 Å². The molecule has 2 aliphatic rings. The maximum absolute atomic E-state index is 13.5. The molecule has 9 heteroatoms. The molecule has 1 aliphatic heterocycles. The van der Waals surface area contributed by atoms with Crippen LogP contribution in [0, 0.1) is 0 Å². The Morgan fingerprint density at radius 2 is 1.57 bits per heavy atom. The number of benzene rings is 2. The minimum Gasteiger partial charge on any atom is -0.497 e. The van der Waals surface area contributed by atoms with E-state index in [2.05, 4.69) is 10.1 Å². The minimum absolute atomic E-state index is 0.00639. The van der Waals surface area contributed by atoms with Gasteiger partial charge in [0.25, 0.3) is 5.91 Å². The summed E-state index contributed by atoms with van der Waals surface area (Å²) < 4.78 is 15.8. The van der Waals surface area contributed by atoms with E-state index in [0.29, 0.717) is 31.2 Å². The number of hydrazine groups is 1. The van der Waals surface area contributed by atoms with Crippen LogP contribution in [0.3, 0.4) is 0 Å². The van der Waals surface area contributed by atoms with Gasteiger partial charge in [-0.05, 0) is 61.2 Å². The average molecular weight is 477 g/mol. The number of rotatable bonds is 8. The highest BCUT2D eigenvalue weighted by Gasteiger charge is 2.54. The van der Waals surface area contributed by atoms with Gasteiger partial charge in [-0.2, -0.15) is 4.98 Å². The minimum atomic E-state index is -0.547. The fraction of sp³-hybridized carbons (Fsp3) is 0.385. The quantitative estimate of drug-likeness (QED) is 0.491. The summed E-state index contributed by atoms with van der Waals surface area (Å²) >= 11 is 0. The van der Waals surface area contributed by atoms with E-state index in [-0.39, 0.29) is 18.2 Å². The molecule has 5 rings (SSSR count). The molecule has 2 fully saturated rings. The average Bonchev–Trinajstić information content (AvgIpc) is 3.33. The van der Waals surface area contributed by atoms with Crippen molar-refractivity contribution in [2.24, 2.45) is 0 Å². The Hall–Kier alpha value is -3.88. The van der Waals surface area contributed by atoms with Crippen LogP contribution in [0.25, 0.3) is 11.4 Å². The summed E-state index contributed by atoms with van der Waals surface area (Å²) in [5.41, 5.74) is 1.23. The first kappa shape index (κ1) is 22.9. The van der Waals surface area contributed by atoms with Crippen LogP contribution in [-0.2, 0) is 21.4 Å². The number of nitrogens with zero attached hydrogens (tertiary/aromatic N) is 4. The summed E-state index contributed by atoms with van der Waals surface area (Å²) in [6, 6.07) is 15.0. The molecule has 9 nitrogen and oxygen atoms in total. The van der Waals surface area contributed by atoms with Gasteiger partial charge in [-0.1, -0.05) is 17.3 Å². The molecule has 1 saturated heterocycles. The number of amides is 2. The molecule has 0 spiro atoms.